The van der Waals surface area contributed by atoms with Crippen molar-refractivity contribution in [1.82, 2.24) is 5.32 Å². The van der Waals surface area contributed by atoms with Gasteiger partial charge in [0, 0.05) is 13.0 Å². The molecule has 0 saturated carbocycles. The van der Waals surface area contributed by atoms with E-state index >= 15 is 0 Å². The molecule has 2 N–H and O–H groups in total. The second-order valence-electron chi connectivity index (χ2n) is 6.80. The number of ether oxygens (including phenoxy) is 2. The molecule has 1 amide bonds. The van der Waals surface area contributed by atoms with Gasteiger partial charge in [0.1, 0.15) is 0 Å². The number of nitrogens with one attached hydrogen (secondary N) is 1. The lowest BCUT2D eigenvalue weighted by molar-refractivity contribution is -0.121. The van der Waals surface area contributed by atoms with Crippen molar-refractivity contribution in [3.05, 3.63) is 59.2 Å². The van der Waals surface area contributed by atoms with Gasteiger partial charge < -0.3 is 19.9 Å². The summed E-state index contributed by atoms with van der Waals surface area (Å²) in [5.41, 5.74) is 2.31. The Labute approximate surface area is 165 Å². The third kappa shape index (κ3) is 6.30. The van der Waals surface area contributed by atoms with Crippen molar-refractivity contribution in [1.29, 1.82) is 0 Å². The number of carbonyl (C=O) groups is 2. The third-order valence-electron chi connectivity index (χ3n) is 4.52. The average Bonchev–Trinajstić information content (AvgIpc) is 2.70. The summed E-state index contributed by atoms with van der Waals surface area (Å²) in [6.45, 7) is 2.67. The molecule has 0 aliphatic rings. The number of rotatable bonds is 10. The summed E-state index contributed by atoms with van der Waals surface area (Å²) in [4.78, 5) is 22.9. The van der Waals surface area contributed by atoms with Gasteiger partial charge in [0.05, 0.1) is 19.8 Å². The standard InChI is InChI=1S/C22H27NO5/c1-15(12-17-6-10-19(27-2)20(13-17)28-3)14-23-21(24)11-7-16-4-8-18(9-5-16)22(25)26/h4-6,8-10,13,15H,7,11-12,14H2,1-3H3,(H,23,24)(H,25,26). The lowest BCUT2D eigenvalue weighted by Crippen LogP contribution is -2.29. The highest BCUT2D eigenvalue weighted by molar-refractivity contribution is 5.87. The molecule has 0 saturated heterocycles. The van der Waals surface area contributed by atoms with Crippen LogP contribution < -0.4 is 14.8 Å². The number of carboxylic acids is 1. The molecule has 2 rings (SSSR count). The van der Waals surface area contributed by atoms with Crippen LogP contribution in [0, 0.1) is 5.92 Å². The van der Waals surface area contributed by atoms with Gasteiger partial charge in [-0.15, -0.1) is 0 Å². The normalized spacial score (nSPS) is 11.5. The Bertz CT molecular complexity index is 801. The minimum Gasteiger partial charge on any atom is -0.493 e. The molecule has 1 unspecified atom stereocenters. The number of benzene rings is 2. The smallest absolute Gasteiger partial charge is 0.335 e. The third-order valence-corrected chi connectivity index (χ3v) is 4.52. The van der Waals surface area contributed by atoms with E-state index < -0.39 is 5.97 Å². The zero-order chi connectivity index (χ0) is 20.5. The van der Waals surface area contributed by atoms with Gasteiger partial charge in [0.2, 0.25) is 5.91 Å². The van der Waals surface area contributed by atoms with Crippen LogP contribution in [-0.4, -0.2) is 37.7 Å². The lowest BCUT2D eigenvalue weighted by atomic mass is 10.0. The van der Waals surface area contributed by atoms with Crippen LogP contribution >= 0.6 is 0 Å². The summed E-state index contributed by atoms with van der Waals surface area (Å²) in [5.74, 6) is 0.708. The van der Waals surface area contributed by atoms with E-state index in [0.717, 1.165) is 17.5 Å². The molecule has 150 valence electrons. The summed E-state index contributed by atoms with van der Waals surface area (Å²) in [5, 5.41) is 11.9. The predicted octanol–water partition coefficient (Wildman–Crippen LogP) is 3.33. The molecule has 28 heavy (non-hydrogen) atoms. The monoisotopic (exact) mass is 385 g/mol. The zero-order valence-corrected chi connectivity index (χ0v) is 16.5. The second kappa shape index (κ2) is 10.3. The Balaban J connectivity index is 1.76. The number of carboxylic acid groups (broad SMARTS) is 1. The van der Waals surface area contributed by atoms with Crippen LogP contribution in [0.15, 0.2) is 42.5 Å². The van der Waals surface area contributed by atoms with E-state index in [4.69, 9.17) is 14.6 Å². The number of methoxy groups -OCH3 is 2. The maximum atomic E-state index is 12.1. The van der Waals surface area contributed by atoms with Crippen molar-refractivity contribution in [2.75, 3.05) is 20.8 Å². The molecule has 0 fully saturated rings. The first-order valence-electron chi connectivity index (χ1n) is 9.22. The lowest BCUT2D eigenvalue weighted by Gasteiger charge is -2.14. The van der Waals surface area contributed by atoms with Gasteiger partial charge in [0.15, 0.2) is 11.5 Å². The maximum absolute atomic E-state index is 12.1. The molecule has 1 atom stereocenters. The van der Waals surface area contributed by atoms with E-state index in [9.17, 15) is 9.59 Å². The molecule has 0 aliphatic heterocycles. The molecule has 0 aliphatic carbocycles. The Kier molecular flexibility index (Phi) is 7.87. The van der Waals surface area contributed by atoms with Crippen molar-refractivity contribution in [2.45, 2.75) is 26.2 Å². The number of carbonyl (C=O) groups excluding carboxylic acids is 1. The second-order valence-corrected chi connectivity index (χ2v) is 6.80. The first kappa shape index (κ1) is 21.3. The van der Waals surface area contributed by atoms with Gasteiger partial charge in [-0.2, -0.15) is 0 Å². The van der Waals surface area contributed by atoms with Crippen LogP contribution in [0.2, 0.25) is 0 Å². The molecule has 6 nitrogen and oxygen atoms in total. The van der Waals surface area contributed by atoms with E-state index in [-0.39, 0.29) is 17.4 Å². The van der Waals surface area contributed by atoms with Gasteiger partial charge in [-0.05, 0) is 54.2 Å². The number of hydrogen-bond donors (Lipinski definition) is 2. The van der Waals surface area contributed by atoms with E-state index in [1.54, 1.807) is 38.5 Å². The summed E-state index contributed by atoms with van der Waals surface area (Å²) in [7, 11) is 3.22. The summed E-state index contributed by atoms with van der Waals surface area (Å²) in [6, 6.07) is 12.4. The Morgan fingerprint density at radius 3 is 2.25 bits per heavy atom. The molecule has 0 radical (unpaired) electrons. The van der Waals surface area contributed by atoms with E-state index in [1.807, 2.05) is 18.2 Å². The maximum Gasteiger partial charge on any atom is 0.335 e. The Hall–Kier alpha value is -3.02. The molecule has 2 aromatic rings. The van der Waals surface area contributed by atoms with Crippen LogP contribution in [0.1, 0.15) is 34.8 Å². The number of aromatic carboxylic acids is 1. The minimum atomic E-state index is -0.951. The van der Waals surface area contributed by atoms with Crippen molar-refractivity contribution < 1.29 is 24.2 Å². The van der Waals surface area contributed by atoms with Crippen LogP contribution in [-0.2, 0) is 17.6 Å². The van der Waals surface area contributed by atoms with Gasteiger partial charge in [-0.1, -0.05) is 25.1 Å². The van der Waals surface area contributed by atoms with Gasteiger partial charge in [-0.25, -0.2) is 4.79 Å². The fraction of sp³-hybridized carbons (Fsp3) is 0.364. The van der Waals surface area contributed by atoms with Gasteiger partial charge in [0.25, 0.3) is 0 Å². The number of amides is 1. The molecular weight excluding hydrogens is 358 g/mol. The number of aryl methyl sites for hydroxylation is 1. The van der Waals surface area contributed by atoms with Crippen LogP contribution in [0.25, 0.3) is 0 Å². The SMILES string of the molecule is COc1ccc(CC(C)CNC(=O)CCc2ccc(C(=O)O)cc2)cc1OC. The van der Waals surface area contributed by atoms with Crippen molar-refractivity contribution in [3.63, 3.8) is 0 Å². The molecule has 0 spiro atoms. The summed E-state index contributed by atoms with van der Waals surface area (Å²) >= 11 is 0. The van der Waals surface area contributed by atoms with Crippen LogP contribution in [0.4, 0.5) is 0 Å². The molecule has 6 heteroatoms. The highest BCUT2D eigenvalue weighted by Crippen LogP contribution is 2.28. The summed E-state index contributed by atoms with van der Waals surface area (Å²) in [6.07, 6.45) is 1.77. The highest BCUT2D eigenvalue weighted by atomic mass is 16.5. The van der Waals surface area contributed by atoms with Gasteiger partial charge in [-0.3, -0.25) is 4.79 Å². The molecule has 0 heterocycles. The quantitative estimate of drug-likeness (QED) is 0.655. The molecule has 2 aromatic carbocycles. The zero-order valence-electron chi connectivity index (χ0n) is 16.5. The molecule has 0 bridgehead atoms. The fourth-order valence-corrected chi connectivity index (χ4v) is 2.93. The van der Waals surface area contributed by atoms with Crippen LogP contribution in [0.3, 0.4) is 0 Å². The van der Waals surface area contributed by atoms with Crippen molar-refractivity contribution in [2.24, 2.45) is 5.92 Å². The predicted molar refractivity (Wildman–Crippen MR) is 107 cm³/mol. The first-order chi connectivity index (χ1) is 13.4. The molecule has 0 aromatic heterocycles. The highest BCUT2D eigenvalue weighted by Gasteiger charge is 2.10. The van der Waals surface area contributed by atoms with E-state index in [1.165, 1.54) is 0 Å². The van der Waals surface area contributed by atoms with Crippen LogP contribution in [0.5, 0.6) is 11.5 Å². The molecular formula is C22H27NO5. The first-order valence-corrected chi connectivity index (χ1v) is 9.22. The summed E-state index contributed by atoms with van der Waals surface area (Å²) < 4.78 is 10.6. The van der Waals surface area contributed by atoms with E-state index in [2.05, 4.69) is 12.2 Å². The van der Waals surface area contributed by atoms with Gasteiger partial charge >= 0.3 is 5.97 Å². The minimum absolute atomic E-state index is 0.0125. The van der Waals surface area contributed by atoms with E-state index in [0.29, 0.717) is 30.9 Å². The fourth-order valence-electron chi connectivity index (χ4n) is 2.93. The largest absolute Gasteiger partial charge is 0.493 e. The van der Waals surface area contributed by atoms with Crippen molar-refractivity contribution in [3.8, 4) is 11.5 Å². The topological polar surface area (TPSA) is 84.9 Å². The Morgan fingerprint density at radius 2 is 1.64 bits per heavy atom. The van der Waals surface area contributed by atoms with Crippen molar-refractivity contribution >= 4 is 11.9 Å². The average molecular weight is 385 g/mol. The number of hydrogen-bond acceptors (Lipinski definition) is 4. The Morgan fingerprint density at radius 1 is 1.00 bits per heavy atom.